The number of likely N-dealkylation sites (tertiary alicyclic amines) is 1. The normalized spacial score (nSPS) is 21.8. The summed E-state index contributed by atoms with van der Waals surface area (Å²) in [5, 5.41) is 3.65. The van der Waals surface area contributed by atoms with E-state index in [4.69, 9.17) is 0 Å². The predicted molar refractivity (Wildman–Crippen MR) is 71.9 cm³/mol. The van der Waals surface area contributed by atoms with Crippen molar-refractivity contribution < 1.29 is 0 Å². The minimum absolute atomic E-state index is 0.301. The molecular formula is C14H30N2. The van der Waals surface area contributed by atoms with Gasteiger partial charge in [0, 0.05) is 11.6 Å². The molecule has 1 heterocycles. The average Bonchev–Trinajstić information content (AvgIpc) is 2.54. The first-order chi connectivity index (χ1) is 7.62. The summed E-state index contributed by atoms with van der Waals surface area (Å²) in [6.45, 7) is 13.0. The molecule has 1 aliphatic heterocycles. The average molecular weight is 226 g/mol. The molecule has 0 spiro atoms. The highest BCUT2D eigenvalue weighted by Gasteiger charge is 2.33. The van der Waals surface area contributed by atoms with Gasteiger partial charge >= 0.3 is 0 Å². The second-order valence-corrected chi connectivity index (χ2v) is 5.57. The Balaban J connectivity index is 2.63. The van der Waals surface area contributed by atoms with Gasteiger partial charge in [0.1, 0.15) is 0 Å². The molecule has 0 aromatic carbocycles. The first kappa shape index (κ1) is 14.0. The van der Waals surface area contributed by atoms with Crippen LogP contribution in [0.15, 0.2) is 0 Å². The molecule has 2 nitrogen and oxygen atoms in total. The molecule has 1 N–H and O–H groups in total. The molecule has 0 amide bonds. The first-order valence-corrected chi connectivity index (χ1v) is 7.11. The van der Waals surface area contributed by atoms with Crippen molar-refractivity contribution in [2.45, 2.75) is 71.4 Å². The van der Waals surface area contributed by atoms with Crippen LogP contribution in [0.25, 0.3) is 0 Å². The van der Waals surface area contributed by atoms with Gasteiger partial charge in [0.15, 0.2) is 0 Å². The zero-order valence-electron chi connectivity index (χ0n) is 11.7. The van der Waals surface area contributed by atoms with E-state index < -0.39 is 0 Å². The molecule has 0 aliphatic carbocycles. The minimum Gasteiger partial charge on any atom is -0.312 e. The van der Waals surface area contributed by atoms with Gasteiger partial charge in [-0.15, -0.1) is 0 Å². The van der Waals surface area contributed by atoms with Crippen LogP contribution < -0.4 is 5.32 Å². The Hall–Kier alpha value is -0.0800. The van der Waals surface area contributed by atoms with E-state index in [1.807, 2.05) is 0 Å². The lowest BCUT2D eigenvalue weighted by Gasteiger charge is -2.44. The zero-order valence-corrected chi connectivity index (χ0v) is 11.7. The SMILES string of the molecule is CCNC(CC)C(C)(C)N1CCCCCC1. The Morgan fingerprint density at radius 2 is 1.62 bits per heavy atom. The van der Waals surface area contributed by atoms with Gasteiger partial charge in [-0.2, -0.15) is 0 Å². The molecular weight excluding hydrogens is 196 g/mol. The third-order valence-corrected chi connectivity index (χ3v) is 4.13. The summed E-state index contributed by atoms with van der Waals surface area (Å²) in [5.74, 6) is 0. The number of hydrogen-bond acceptors (Lipinski definition) is 2. The number of nitrogens with one attached hydrogen (secondary N) is 1. The largest absolute Gasteiger partial charge is 0.312 e. The maximum atomic E-state index is 3.65. The van der Waals surface area contributed by atoms with Crippen molar-refractivity contribution in [3.05, 3.63) is 0 Å². The van der Waals surface area contributed by atoms with Gasteiger partial charge in [0.05, 0.1) is 0 Å². The van der Waals surface area contributed by atoms with Gasteiger partial charge in [-0.3, -0.25) is 4.90 Å². The molecule has 16 heavy (non-hydrogen) atoms. The molecule has 1 atom stereocenters. The monoisotopic (exact) mass is 226 g/mol. The van der Waals surface area contributed by atoms with Crippen molar-refractivity contribution >= 4 is 0 Å². The van der Waals surface area contributed by atoms with Gasteiger partial charge < -0.3 is 5.32 Å². The standard InChI is InChI=1S/C14H30N2/c1-5-13(15-6-2)14(3,4)16-11-9-7-8-10-12-16/h13,15H,5-12H2,1-4H3. The van der Waals surface area contributed by atoms with Crippen LogP contribution in [0.5, 0.6) is 0 Å². The van der Waals surface area contributed by atoms with Crippen LogP contribution in [0.3, 0.4) is 0 Å². The van der Waals surface area contributed by atoms with Crippen LogP contribution in [-0.4, -0.2) is 36.1 Å². The molecule has 1 unspecified atom stereocenters. The second kappa shape index (κ2) is 6.61. The molecule has 0 saturated carbocycles. The molecule has 0 bridgehead atoms. The van der Waals surface area contributed by atoms with Crippen LogP contribution in [0, 0.1) is 0 Å². The fourth-order valence-electron chi connectivity index (χ4n) is 3.01. The molecule has 96 valence electrons. The fourth-order valence-corrected chi connectivity index (χ4v) is 3.01. The van der Waals surface area contributed by atoms with E-state index in [0.29, 0.717) is 11.6 Å². The number of rotatable bonds is 5. The number of likely N-dealkylation sites (N-methyl/N-ethyl adjacent to an activating group) is 1. The summed E-state index contributed by atoms with van der Waals surface area (Å²) in [4.78, 5) is 2.71. The smallest absolute Gasteiger partial charge is 0.0306 e. The first-order valence-electron chi connectivity index (χ1n) is 7.11. The molecule has 1 aliphatic rings. The molecule has 1 rings (SSSR count). The highest BCUT2D eigenvalue weighted by Crippen LogP contribution is 2.24. The molecule has 0 aromatic rings. The van der Waals surface area contributed by atoms with Crippen molar-refractivity contribution in [3.63, 3.8) is 0 Å². The van der Waals surface area contributed by atoms with Crippen molar-refractivity contribution in [1.82, 2.24) is 10.2 Å². The van der Waals surface area contributed by atoms with Crippen molar-refractivity contribution in [1.29, 1.82) is 0 Å². The molecule has 0 radical (unpaired) electrons. The summed E-state index contributed by atoms with van der Waals surface area (Å²) in [6.07, 6.45) is 6.82. The van der Waals surface area contributed by atoms with Gasteiger partial charge in [-0.25, -0.2) is 0 Å². The van der Waals surface area contributed by atoms with Gasteiger partial charge in [-0.05, 0) is 52.7 Å². The topological polar surface area (TPSA) is 15.3 Å². The van der Waals surface area contributed by atoms with E-state index in [-0.39, 0.29) is 0 Å². The minimum atomic E-state index is 0.301. The van der Waals surface area contributed by atoms with Crippen LogP contribution in [0.2, 0.25) is 0 Å². The maximum absolute atomic E-state index is 3.65. The van der Waals surface area contributed by atoms with E-state index in [2.05, 4.69) is 37.9 Å². The van der Waals surface area contributed by atoms with Crippen molar-refractivity contribution in [2.24, 2.45) is 0 Å². The lowest BCUT2D eigenvalue weighted by molar-refractivity contribution is 0.0825. The van der Waals surface area contributed by atoms with Crippen LogP contribution in [0.1, 0.15) is 59.8 Å². The summed E-state index contributed by atoms with van der Waals surface area (Å²) in [5.41, 5.74) is 0.301. The summed E-state index contributed by atoms with van der Waals surface area (Å²) >= 11 is 0. The number of hydrogen-bond donors (Lipinski definition) is 1. The Kier molecular flexibility index (Phi) is 5.77. The maximum Gasteiger partial charge on any atom is 0.0306 e. The van der Waals surface area contributed by atoms with Crippen LogP contribution in [-0.2, 0) is 0 Å². The van der Waals surface area contributed by atoms with E-state index in [1.165, 1.54) is 45.2 Å². The van der Waals surface area contributed by atoms with Crippen LogP contribution in [0.4, 0.5) is 0 Å². The fraction of sp³-hybridized carbons (Fsp3) is 1.00. The Bertz CT molecular complexity index is 181. The highest BCUT2D eigenvalue weighted by atomic mass is 15.2. The van der Waals surface area contributed by atoms with E-state index >= 15 is 0 Å². The van der Waals surface area contributed by atoms with E-state index in [0.717, 1.165) is 6.54 Å². The van der Waals surface area contributed by atoms with Gasteiger partial charge in [0.25, 0.3) is 0 Å². The van der Waals surface area contributed by atoms with Crippen LogP contribution >= 0.6 is 0 Å². The lowest BCUT2D eigenvalue weighted by Crippen LogP contribution is -2.57. The lowest BCUT2D eigenvalue weighted by atomic mass is 9.90. The summed E-state index contributed by atoms with van der Waals surface area (Å²) < 4.78 is 0. The van der Waals surface area contributed by atoms with Gasteiger partial charge in [0.2, 0.25) is 0 Å². The highest BCUT2D eigenvalue weighted by molar-refractivity contribution is 4.93. The molecule has 1 saturated heterocycles. The molecule has 2 heteroatoms. The predicted octanol–water partition coefficient (Wildman–Crippen LogP) is 3.03. The second-order valence-electron chi connectivity index (χ2n) is 5.57. The van der Waals surface area contributed by atoms with Crippen molar-refractivity contribution in [3.8, 4) is 0 Å². The van der Waals surface area contributed by atoms with E-state index in [9.17, 15) is 0 Å². The van der Waals surface area contributed by atoms with Gasteiger partial charge in [-0.1, -0.05) is 26.7 Å². The third-order valence-electron chi connectivity index (χ3n) is 4.13. The molecule has 1 fully saturated rings. The Labute approximate surface area is 102 Å². The quantitative estimate of drug-likeness (QED) is 0.775. The Morgan fingerprint density at radius 3 is 2.06 bits per heavy atom. The summed E-state index contributed by atoms with van der Waals surface area (Å²) in [7, 11) is 0. The Morgan fingerprint density at radius 1 is 1.06 bits per heavy atom. The third kappa shape index (κ3) is 3.46. The van der Waals surface area contributed by atoms with Crippen molar-refractivity contribution in [2.75, 3.05) is 19.6 Å². The molecule has 0 aromatic heterocycles. The summed E-state index contributed by atoms with van der Waals surface area (Å²) in [6, 6.07) is 0.621. The number of nitrogens with zero attached hydrogens (tertiary/aromatic N) is 1. The zero-order chi connectivity index (χ0) is 12.0. The van der Waals surface area contributed by atoms with E-state index in [1.54, 1.807) is 0 Å².